The van der Waals surface area contributed by atoms with Crippen LogP contribution < -0.4 is 10.4 Å². The monoisotopic (exact) mass is 734 g/mol. The van der Waals surface area contributed by atoms with Crippen LogP contribution >= 0.6 is 18.6 Å². The van der Waals surface area contributed by atoms with Crippen LogP contribution in [0.25, 0.3) is 4.98 Å². The van der Waals surface area contributed by atoms with Crippen LogP contribution in [0.15, 0.2) is 97.1 Å². The van der Waals surface area contributed by atoms with E-state index < -0.39 is 25.3 Å². The summed E-state index contributed by atoms with van der Waals surface area (Å²) in [5.41, 5.74) is 6.29. The quantitative estimate of drug-likeness (QED) is 0.142. The third-order valence-corrected chi connectivity index (χ3v) is 15.6. The van der Waals surface area contributed by atoms with Crippen molar-refractivity contribution in [1.29, 1.82) is 0 Å². The van der Waals surface area contributed by atoms with E-state index in [1.54, 1.807) is 0 Å². The van der Waals surface area contributed by atoms with E-state index in [4.69, 9.17) is 23.6 Å². The number of hydrogen-bond acceptors (Lipinski definition) is 1. The first-order valence-corrected chi connectivity index (χ1v) is 24.1. The van der Waals surface area contributed by atoms with Gasteiger partial charge in [0.05, 0.1) is 0 Å². The predicted molar refractivity (Wildman–Crippen MR) is 209 cm³/mol. The van der Waals surface area contributed by atoms with E-state index in [-0.39, 0.29) is 13.0 Å². The summed E-state index contributed by atoms with van der Waals surface area (Å²) in [6.45, 7) is 13.7. The minimum absolute atomic E-state index is 0. The molecule has 2 aliphatic carbocycles. The Morgan fingerprint density at radius 1 is 0.750 bits per heavy atom. The summed E-state index contributed by atoms with van der Waals surface area (Å²) in [5, 5.41) is 2.98. The van der Waals surface area contributed by atoms with E-state index >= 15 is 0 Å². The summed E-state index contributed by atoms with van der Waals surface area (Å²) in [5.74, 6) is 1.01. The van der Waals surface area contributed by atoms with Crippen molar-refractivity contribution in [3.05, 3.63) is 132 Å². The second kappa shape index (κ2) is 18.2. The van der Waals surface area contributed by atoms with Gasteiger partial charge in [-0.3, -0.25) is 4.90 Å². The zero-order chi connectivity index (χ0) is 33.4. The molecule has 0 amide bonds. The van der Waals surface area contributed by atoms with E-state index in [1.807, 2.05) is 0 Å². The first-order valence-electron chi connectivity index (χ1n) is 17.8. The Labute approximate surface area is 310 Å². The molecule has 0 saturated heterocycles. The van der Waals surface area contributed by atoms with Crippen LogP contribution in [0.5, 0.6) is 0 Å². The van der Waals surface area contributed by atoms with Crippen molar-refractivity contribution in [2.24, 2.45) is 11.8 Å². The molecule has 2 nitrogen and oxygen atoms in total. The molecule has 1 heterocycles. The third-order valence-electron chi connectivity index (χ3n) is 10.4. The molecule has 3 unspecified atom stereocenters. The van der Waals surface area contributed by atoms with Crippen molar-refractivity contribution in [2.45, 2.75) is 110 Å². The Bertz CT molecular complexity index is 1400. The summed E-state index contributed by atoms with van der Waals surface area (Å²) >= 11 is -0.556. The van der Waals surface area contributed by atoms with Crippen molar-refractivity contribution in [3.63, 3.8) is 0 Å². The number of fused-ring (bicyclic) bond motifs is 2. The van der Waals surface area contributed by atoms with E-state index in [0.29, 0.717) is 23.4 Å². The van der Waals surface area contributed by atoms with Gasteiger partial charge in [-0.25, -0.2) is 0 Å². The fourth-order valence-corrected chi connectivity index (χ4v) is 13.9. The molecule has 6 heteroatoms. The van der Waals surface area contributed by atoms with Crippen LogP contribution in [0, 0.1) is 19.3 Å². The number of hydrogen-bond donors (Lipinski definition) is 0. The fraction of sp³-hybridized carbons (Fsp3) is 0.452. The van der Waals surface area contributed by atoms with Crippen molar-refractivity contribution in [2.75, 3.05) is 0 Å². The molecule has 258 valence electrons. The molecule has 0 radical (unpaired) electrons. The molecule has 3 aliphatic rings. The van der Waals surface area contributed by atoms with Gasteiger partial charge in [0.25, 0.3) is 0 Å². The van der Waals surface area contributed by atoms with Crippen molar-refractivity contribution < 1.29 is 17.0 Å². The van der Waals surface area contributed by atoms with Crippen LogP contribution in [0.3, 0.4) is 0 Å². The molecule has 0 bridgehead atoms. The van der Waals surface area contributed by atoms with Crippen LogP contribution in [-0.4, -0.2) is 24.7 Å². The maximum atomic E-state index is 6.10. The summed E-state index contributed by atoms with van der Waals surface area (Å²) in [6, 6.07) is 29.3. The SMILES string of the molecule is CCCCc1ccc([Si]([N-]C(C)(C)C)(c2ccc(CCCC)cc2)[C@@H]2CC(N3Cc4ccccc4C3)C3C=CC=CC32)cc1.[CH3-].[Cl][Ti][Cl]. The minimum atomic E-state index is -2.63. The number of nitrogens with zero attached hydrogens (tertiary/aromatic N) is 2. The second-order valence-electron chi connectivity index (χ2n) is 14.7. The van der Waals surface area contributed by atoms with Gasteiger partial charge >= 0.3 is 35.6 Å². The molecule has 3 aromatic carbocycles. The first-order chi connectivity index (χ1) is 22.7. The van der Waals surface area contributed by atoms with E-state index in [1.165, 1.54) is 64.7 Å². The van der Waals surface area contributed by atoms with Gasteiger partial charge in [0.15, 0.2) is 0 Å². The maximum absolute atomic E-state index is 6.10. The average molecular weight is 736 g/mol. The van der Waals surface area contributed by atoms with Gasteiger partial charge in [-0.05, 0) is 71.7 Å². The fourth-order valence-electron chi connectivity index (χ4n) is 8.39. The molecular weight excluding hydrogens is 679 g/mol. The Balaban J connectivity index is 0.00000125. The number of benzene rings is 3. The Morgan fingerprint density at radius 2 is 1.21 bits per heavy atom. The van der Waals surface area contributed by atoms with Gasteiger partial charge in [-0.15, -0.1) is 5.54 Å². The number of aryl methyl sites for hydroxylation is 2. The van der Waals surface area contributed by atoms with Gasteiger partial charge in [-0.1, -0.05) is 155 Å². The van der Waals surface area contributed by atoms with Crippen molar-refractivity contribution in [3.8, 4) is 0 Å². The van der Waals surface area contributed by atoms with Crippen LogP contribution in [0.2, 0.25) is 5.54 Å². The topological polar surface area (TPSA) is 17.3 Å². The third kappa shape index (κ3) is 9.07. The summed E-state index contributed by atoms with van der Waals surface area (Å²) < 4.78 is 0. The Hall–Kier alpha value is -1.43. The number of allylic oxidation sites excluding steroid dienone is 3. The molecular formula is C42H56Cl2N2SiTi-2. The van der Waals surface area contributed by atoms with Crippen LogP contribution in [0.4, 0.5) is 0 Å². The average Bonchev–Trinajstić information content (AvgIpc) is 3.68. The van der Waals surface area contributed by atoms with Crippen LogP contribution in [0.1, 0.15) is 89.0 Å². The molecule has 1 saturated carbocycles. The Morgan fingerprint density at radius 3 is 1.65 bits per heavy atom. The molecule has 1 fully saturated rings. The van der Waals surface area contributed by atoms with Gasteiger partial charge in [0.1, 0.15) is 0 Å². The molecule has 48 heavy (non-hydrogen) atoms. The molecule has 3 aromatic rings. The molecule has 1 aliphatic heterocycles. The van der Waals surface area contributed by atoms with E-state index in [2.05, 4.69) is 137 Å². The summed E-state index contributed by atoms with van der Waals surface area (Å²) in [6.07, 6.45) is 18.2. The normalized spacial score (nSPS) is 21.6. The van der Waals surface area contributed by atoms with Gasteiger partial charge in [-0.2, -0.15) is 0 Å². The van der Waals surface area contributed by atoms with Crippen molar-refractivity contribution in [1.82, 2.24) is 4.90 Å². The molecule has 6 rings (SSSR count). The summed E-state index contributed by atoms with van der Waals surface area (Å²) in [4.78, 5) is 8.90. The summed E-state index contributed by atoms with van der Waals surface area (Å²) in [7, 11) is 7.15. The van der Waals surface area contributed by atoms with E-state index in [0.717, 1.165) is 25.9 Å². The zero-order valence-corrected chi connectivity index (χ0v) is 34.1. The van der Waals surface area contributed by atoms with E-state index in [9.17, 15) is 0 Å². The standard InChI is InChI=1S/C41H53N2Si.CH3.2ClH.Ti/c1-6-8-14-31-20-24-35(25-21-31)44(42-41(3,4)5,36-26-22-32(23-27-36)15-9-7-2)40-28-39(37-18-12-13-19-38(37)40)43-29-33-16-10-11-17-34(33)30-43;;;;/h10-13,16-27,37-40H,6-9,14-15,28-30H2,1-5H3;1H3;2*1H;/q2*-1;;;+2/p-2/t37?,38?,39?,40-;;;;/m1..../s1. The molecule has 4 atom stereocenters. The second-order valence-corrected chi connectivity index (χ2v) is 21.0. The van der Waals surface area contributed by atoms with Crippen LogP contribution in [-0.2, 0) is 43.0 Å². The van der Waals surface area contributed by atoms with Gasteiger partial charge in [0.2, 0.25) is 0 Å². The van der Waals surface area contributed by atoms with Gasteiger partial charge < -0.3 is 12.4 Å². The first kappa shape index (κ1) is 39.4. The number of halogens is 2. The zero-order valence-electron chi connectivity index (χ0n) is 30.1. The molecule has 0 spiro atoms. The predicted octanol–water partition coefficient (Wildman–Crippen LogP) is 10.9. The van der Waals surface area contributed by atoms with Crippen molar-refractivity contribution >= 4 is 37.2 Å². The molecule has 0 aromatic heterocycles. The number of rotatable bonds is 11. The molecule has 0 N–H and O–H groups in total. The number of unbranched alkanes of at least 4 members (excludes halogenated alkanes) is 2. The van der Waals surface area contributed by atoms with Gasteiger partial charge in [0, 0.05) is 27.4 Å². The Kier molecular flexibility index (Phi) is 14.9.